The van der Waals surface area contributed by atoms with Gasteiger partial charge in [0.15, 0.2) is 5.78 Å². The first kappa shape index (κ1) is 24.7. The Morgan fingerprint density at radius 1 is 1.06 bits per heavy atom. The van der Waals surface area contributed by atoms with Crippen LogP contribution in [0.25, 0.3) is 10.8 Å². The lowest BCUT2D eigenvalue weighted by atomic mass is 9.97. The van der Waals surface area contributed by atoms with Crippen molar-refractivity contribution in [1.29, 1.82) is 0 Å². The summed E-state index contributed by atoms with van der Waals surface area (Å²) in [6.07, 6.45) is -0.610. The number of benzene rings is 3. The summed E-state index contributed by atoms with van der Waals surface area (Å²) in [5, 5.41) is 10.1. The van der Waals surface area contributed by atoms with Crippen molar-refractivity contribution in [2.45, 2.75) is 29.8 Å². The van der Waals surface area contributed by atoms with E-state index in [0.717, 1.165) is 0 Å². The molecule has 0 aromatic heterocycles. The highest BCUT2D eigenvalue weighted by atomic mass is 35.5. The van der Waals surface area contributed by atoms with Gasteiger partial charge < -0.3 is 15.6 Å². The maximum absolute atomic E-state index is 13.4. The molecule has 0 saturated heterocycles. The van der Waals surface area contributed by atoms with Gasteiger partial charge in [-0.25, -0.2) is 13.1 Å². The third kappa shape index (κ3) is 5.69. The molecule has 3 aromatic rings. The van der Waals surface area contributed by atoms with Crippen LogP contribution in [-0.2, 0) is 26.0 Å². The Hall–Kier alpha value is -2.98. The van der Waals surface area contributed by atoms with Crippen LogP contribution < -0.4 is 15.2 Å². The van der Waals surface area contributed by atoms with Gasteiger partial charge in [0, 0.05) is 10.8 Å². The quantitative estimate of drug-likeness (QED) is 0.397. The number of carbonyl (C=O) groups is 2. The van der Waals surface area contributed by atoms with Gasteiger partial charge in [-0.3, -0.25) is 9.59 Å². The fraction of sp³-hybridized carbons (Fsp3) is 0.217. The Labute approximate surface area is 196 Å². The summed E-state index contributed by atoms with van der Waals surface area (Å²) in [6, 6.07) is 13.8. The van der Waals surface area contributed by atoms with Crippen molar-refractivity contribution >= 4 is 44.1 Å². The lowest BCUT2D eigenvalue weighted by Gasteiger charge is -2.21. The third-order valence-electron chi connectivity index (χ3n) is 5.11. The van der Waals surface area contributed by atoms with Crippen LogP contribution in [0.5, 0.6) is 5.75 Å². The molecule has 0 amide bonds. The van der Waals surface area contributed by atoms with Crippen molar-refractivity contribution in [2.75, 3.05) is 7.11 Å². The first-order valence-corrected chi connectivity index (χ1v) is 11.8. The van der Waals surface area contributed by atoms with Gasteiger partial charge in [0.25, 0.3) is 0 Å². The summed E-state index contributed by atoms with van der Waals surface area (Å²) in [4.78, 5) is 23.9. The number of ketones is 1. The van der Waals surface area contributed by atoms with E-state index in [2.05, 4.69) is 4.72 Å². The topological polar surface area (TPSA) is 136 Å². The number of hydrogen-bond acceptors (Lipinski definition) is 6. The zero-order chi connectivity index (χ0) is 24.2. The smallest absolute Gasteiger partial charge is 0.305 e. The number of nitrogens with two attached hydrogens (primary N) is 1. The summed E-state index contributed by atoms with van der Waals surface area (Å²) < 4.78 is 34.4. The van der Waals surface area contributed by atoms with E-state index in [-0.39, 0.29) is 16.3 Å². The number of ether oxygens (including phenoxy) is 1. The molecule has 0 heterocycles. The lowest BCUT2D eigenvalue weighted by molar-refractivity contribution is -0.139. The zero-order valence-corrected chi connectivity index (χ0v) is 19.3. The molecular weight excluding hydrogens is 468 g/mol. The lowest BCUT2D eigenvalue weighted by Crippen LogP contribution is -2.49. The molecule has 0 bridgehead atoms. The normalized spacial score (nSPS) is 13.4. The molecule has 1 unspecified atom stereocenters. The average Bonchev–Trinajstić information content (AvgIpc) is 2.78. The highest BCUT2D eigenvalue weighted by Crippen LogP contribution is 2.35. The number of nitrogens with one attached hydrogen (secondary N) is 1. The number of sulfonamides is 1. The van der Waals surface area contributed by atoms with Crippen LogP contribution in [0.15, 0.2) is 65.6 Å². The number of halogens is 1. The molecule has 33 heavy (non-hydrogen) atoms. The molecule has 0 aliphatic heterocycles. The predicted molar refractivity (Wildman–Crippen MR) is 125 cm³/mol. The Kier molecular flexibility index (Phi) is 7.70. The maximum atomic E-state index is 13.4. The molecule has 8 nitrogen and oxygen atoms in total. The van der Waals surface area contributed by atoms with Crippen LogP contribution in [0, 0.1) is 0 Å². The average molecular weight is 491 g/mol. The Morgan fingerprint density at radius 3 is 2.39 bits per heavy atom. The van der Waals surface area contributed by atoms with Gasteiger partial charge in [-0.15, -0.1) is 0 Å². The largest absolute Gasteiger partial charge is 0.495 e. The molecule has 10 heteroatoms. The Bertz CT molecular complexity index is 1280. The summed E-state index contributed by atoms with van der Waals surface area (Å²) in [5.41, 5.74) is 6.46. The zero-order valence-electron chi connectivity index (χ0n) is 17.7. The molecule has 3 aromatic carbocycles. The highest BCUT2D eigenvalue weighted by Gasteiger charge is 2.31. The van der Waals surface area contributed by atoms with E-state index >= 15 is 0 Å². The van der Waals surface area contributed by atoms with Gasteiger partial charge in [-0.05, 0) is 30.2 Å². The van der Waals surface area contributed by atoms with Gasteiger partial charge in [-0.2, -0.15) is 0 Å². The van der Waals surface area contributed by atoms with Gasteiger partial charge in [0.1, 0.15) is 5.75 Å². The highest BCUT2D eigenvalue weighted by molar-refractivity contribution is 7.89. The van der Waals surface area contributed by atoms with E-state index < -0.39 is 40.3 Å². The van der Waals surface area contributed by atoms with E-state index in [1.54, 1.807) is 48.5 Å². The number of carboxylic acid groups (broad SMARTS) is 1. The number of fused-ring (bicyclic) bond motifs is 1. The molecule has 174 valence electrons. The molecule has 0 fully saturated rings. The summed E-state index contributed by atoms with van der Waals surface area (Å²) in [7, 11) is -2.77. The van der Waals surface area contributed by atoms with Crippen LogP contribution in [-0.4, -0.2) is 44.5 Å². The summed E-state index contributed by atoms with van der Waals surface area (Å²) in [5.74, 6) is -1.58. The minimum absolute atomic E-state index is 0.00552. The van der Waals surface area contributed by atoms with Crippen molar-refractivity contribution < 1.29 is 27.9 Å². The second kappa shape index (κ2) is 10.3. The van der Waals surface area contributed by atoms with Crippen molar-refractivity contribution in [1.82, 2.24) is 4.72 Å². The van der Waals surface area contributed by atoms with Crippen LogP contribution in [0.1, 0.15) is 12.0 Å². The molecular formula is C23H23ClN2O6S. The van der Waals surface area contributed by atoms with Crippen molar-refractivity contribution in [2.24, 2.45) is 5.73 Å². The second-order valence-electron chi connectivity index (χ2n) is 7.40. The van der Waals surface area contributed by atoms with Crippen LogP contribution in [0.2, 0.25) is 5.02 Å². The number of hydrogen-bond donors (Lipinski definition) is 3. The van der Waals surface area contributed by atoms with Crippen LogP contribution in [0.3, 0.4) is 0 Å². The van der Waals surface area contributed by atoms with E-state index in [1.807, 2.05) is 0 Å². The Morgan fingerprint density at radius 2 is 1.76 bits per heavy atom. The van der Waals surface area contributed by atoms with Gasteiger partial charge >= 0.3 is 5.97 Å². The maximum Gasteiger partial charge on any atom is 0.305 e. The molecule has 3 rings (SSSR count). The number of carboxylic acids is 1. The van der Waals surface area contributed by atoms with Crippen molar-refractivity contribution in [3.8, 4) is 5.75 Å². The number of rotatable bonds is 10. The van der Waals surface area contributed by atoms with E-state index in [9.17, 15) is 18.0 Å². The second-order valence-corrected chi connectivity index (χ2v) is 9.46. The number of Topliss-reactive ketones (excluding diaryl/α,β-unsaturated/α-hetero) is 1. The molecule has 0 aliphatic carbocycles. The first-order valence-electron chi connectivity index (χ1n) is 9.96. The first-order chi connectivity index (χ1) is 15.6. The fourth-order valence-corrected chi connectivity index (χ4v) is 5.24. The third-order valence-corrected chi connectivity index (χ3v) is 7.03. The van der Waals surface area contributed by atoms with Crippen LogP contribution >= 0.6 is 11.6 Å². The van der Waals surface area contributed by atoms with Gasteiger partial charge in [0.05, 0.1) is 35.5 Å². The molecule has 4 N–H and O–H groups in total. The van der Waals surface area contributed by atoms with E-state index in [0.29, 0.717) is 22.1 Å². The number of methoxy groups -OCH3 is 1. The predicted octanol–water partition coefficient (Wildman–Crippen LogP) is 2.76. The van der Waals surface area contributed by atoms with E-state index in [1.165, 1.54) is 19.2 Å². The molecule has 2 atom stereocenters. The van der Waals surface area contributed by atoms with Gasteiger partial charge in [0.2, 0.25) is 10.0 Å². The number of aliphatic carboxylic acids is 1. The van der Waals surface area contributed by atoms with Gasteiger partial charge in [-0.1, -0.05) is 54.1 Å². The SMILES string of the molecule is COc1ccc2c(S(=O)(=O)NC(Cc3ccccc3)C(=O)[C@@H](N)CC(=O)O)cccc2c1Cl. The van der Waals surface area contributed by atoms with Crippen molar-refractivity contribution in [3.63, 3.8) is 0 Å². The fourth-order valence-electron chi connectivity index (χ4n) is 3.51. The standard InChI is InChI=1S/C23H23ClN2O6S/c1-32-19-11-10-15-16(22(19)24)8-5-9-20(15)33(30,31)26-18(12-14-6-3-2-4-7-14)23(29)17(25)13-21(27)28/h2-11,17-18,26H,12-13,25H2,1H3,(H,27,28)/t17-,18?/m0/s1. The molecule has 0 radical (unpaired) electrons. The monoisotopic (exact) mass is 490 g/mol. The Balaban J connectivity index is 2.01. The summed E-state index contributed by atoms with van der Waals surface area (Å²) >= 11 is 6.35. The van der Waals surface area contributed by atoms with Crippen molar-refractivity contribution in [3.05, 3.63) is 71.2 Å². The minimum atomic E-state index is -4.22. The molecule has 0 spiro atoms. The minimum Gasteiger partial charge on any atom is -0.495 e. The number of carbonyl (C=O) groups excluding carboxylic acids is 1. The molecule has 0 saturated carbocycles. The molecule has 0 aliphatic rings. The van der Waals surface area contributed by atoms with E-state index in [4.69, 9.17) is 27.2 Å². The summed E-state index contributed by atoms with van der Waals surface area (Å²) in [6.45, 7) is 0. The van der Waals surface area contributed by atoms with Crippen LogP contribution in [0.4, 0.5) is 0 Å².